The molecule has 1 aromatic carbocycles. The number of carbonyl (C=O) groups excluding carboxylic acids is 2. The van der Waals surface area contributed by atoms with Gasteiger partial charge in [0.15, 0.2) is 10.4 Å². The van der Waals surface area contributed by atoms with Gasteiger partial charge in [-0.15, -0.1) is 10.2 Å². The van der Waals surface area contributed by atoms with Crippen molar-refractivity contribution in [2.75, 3.05) is 18.4 Å². The average molecular weight is 475 g/mol. The van der Waals surface area contributed by atoms with Crippen LogP contribution in [0.3, 0.4) is 0 Å². The summed E-state index contributed by atoms with van der Waals surface area (Å²) in [4.78, 5) is 26.9. The fraction of sp³-hybridized carbons (Fsp3) is 0.300. The van der Waals surface area contributed by atoms with E-state index in [1.54, 1.807) is 17.0 Å². The van der Waals surface area contributed by atoms with E-state index in [1.165, 1.54) is 11.3 Å². The number of nitrogens with zero attached hydrogens (tertiary/aromatic N) is 3. The van der Waals surface area contributed by atoms with Gasteiger partial charge in [0, 0.05) is 24.7 Å². The third kappa shape index (κ3) is 4.56. The number of aromatic nitrogens is 2. The van der Waals surface area contributed by atoms with Crippen LogP contribution >= 0.6 is 27.3 Å². The summed E-state index contributed by atoms with van der Waals surface area (Å²) in [6.07, 6.45) is 1.77. The number of likely N-dealkylation sites (tertiary alicyclic amines) is 1. The molecule has 9 heteroatoms. The maximum absolute atomic E-state index is 12.6. The van der Waals surface area contributed by atoms with Gasteiger partial charge >= 0.3 is 0 Å². The summed E-state index contributed by atoms with van der Waals surface area (Å²) in [5, 5.41) is 12.2. The molecule has 1 saturated heterocycles. The minimum Gasteiger partial charge on any atom is -0.444 e. The highest BCUT2D eigenvalue weighted by Gasteiger charge is 2.29. The molecule has 29 heavy (non-hydrogen) atoms. The highest BCUT2D eigenvalue weighted by molar-refractivity contribution is 9.10. The second kappa shape index (κ2) is 8.46. The molecule has 1 fully saturated rings. The third-order valence-electron chi connectivity index (χ3n) is 4.79. The van der Waals surface area contributed by atoms with Gasteiger partial charge in [-0.25, -0.2) is 0 Å². The van der Waals surface area contributed by atoms with E-state index in [1.807, 2.05) is 31.2 Å². The molecule has 3 heterocycles. The van der Waals surface area contributed by atoms with Crippen molar-refractivity contribution in [3.63, 3.8) is 0 Å². The Balaban J connectivity index is 1.42. The molecule has 0 saturated carbocycles. The van der Waals surface area contributed by atoms with Crippen molar-refractivity contribution in [1.29, 1.82) is 0 Å². The van der Waals surface area contributed by atoms with Crippen molar-refractivity contribution in [2.45, 2.75) is 25.7 Å². The third-order valence-corrected chi connectivity index (χ3v) is 6.30. The zero-order chi connectivity index (χ0) is 20.4. The number of aryl methyl sites for hydroxylation is 1. The number of rotatable bonds is 4. The van der Waals surface area contributed by atoms with E-state index >= 15 is 0 Å². The van der Waals surface area contributed by atoms with Crippen molar-refractivity contribution in [3.8, 4) is 0 Å². The topological polar surface area (TPSA) is 88.3 Å². The van der Waals surface area contributed by atoms with Gasteiger partial charge in [-0.2, -0.15) is 0 Å². The Hall–Kier alpha value is -2.52. The molecule has 2 amide bonds. The molecule has 0 bridgehead atoms. The van der Waals surface area contributed by atoms with E-state index in [-0.39, 0.29) is 17.7 Å². The lowest BCUT2D eigenvalue weighted by Gasteiger charge is -2.30. The Bertz CT molecular complexity index is 1030. The number of halogens is 1. The molecule has 0 aliphatic carbocycles. The number of furan rings is 1. The van der Waals surface area contributed by atoms with Gasteiger partial charge in [0.1, 0.15) is 5.01 Å². The molecule has 1 aliphatic rings. The molecule has 0 spiro atoms. The Morgan fingerprint density at radius 1 is 1.21 bits per heavy atom. The number of hydrogen-bond donors (Lipinski definition) is 1. The van der Waals surface area contributed by atoms with Crippen LogP contribution in [0.25, 0.3) is 0 Å². The van der Waals surface area contributed by atoms with Crippen LogP contribution in [0.4, 0.5) is 5.69 Å². The number of amides is 2. The lowest BCUT2D eigenvalue weighted by atomic mass is 9.98. The minimum absolute atomic E-state index is 0.0597. The van der Waals surface area contributed by atoms with Crippen molar-refractivity contribution >= 4 is 44.8 Å². The van der Waals surface area contributed by atoms with Gasteiger partial charge < -0.3 is 14.6 Å². The first-order valence-electron chi connectivity index (χ1n) is 9.25. The second-order valence-corrected chi connectivity index (χ2v) is 8.75. The van der Waals surface area contributed by atoms with Gasteiger partial charge in [0.05, 0.1) is 0 Å². The highest BCUT2D eigenvalue weighted by atomic mass is 79.9. The van der Waals surface area contributed by atoms with Crippen LogP contribution in [-0.2, 0) is 0 Å². The SMILES string of the molecule is Cc1ccc(NC(=O)c2nnc(C3CCCN(C(=O)c4ccc(Br)o4)C3)s2)cc1. The first kappa shape index (κ1) is 19.8. The van der Waals surface area contributed by atoms with Crippen LogP contribution < -0.4 is 5.32 Å². The standard InChI is InChI=1S/C20H19BrN4O3S/c1-12-4-6-14(7-5-12)22-17(26)19-24-23-18(29-19)13-3-2-10-25(11-13)20(27)15-8-9-16(21)28-15/h4-9,13H,2-3,10-11H2,1H3,(H,22,26). The maximum Gasteiger partial charge on any atom is 0.289 e. The minimum atomic E-state index is -0.276. The van der Waals surface area contributed by atoms with E-state index in [4.69, 9.17) is 4.42 Å². The summed E-state index contributed by atoms with van der Waals surface area (Å²) in [5.74, 6) is -0.0403. The van der Waals surface area contributed by atoms with Crippen molar-refractivity contribution in [1.82, 2.24) is 15.1 Å². The monoisotopic (exact) mass is 474 g/mol. The summed E-state index contributed by atoms with van der Waals surface area (Å²) >= 11 is 4.50. The quantitative estimate of drug-likeness (QED) is 0.602. The van der Waals surface area contributed by atoms with Gasteiger partial charge in [0.2, 0.25) is 5.01 Å². The molecular weight excluding hydrogens is 456 g/mol. The molecule has 1 N–H and O–H groups in total. The van der Waals surface area contributed by atoms with E-state index < -0.39 is 0 Å². The number of nitrogens with one attached hydrogen (secondary N) is 1. The Morgan fingerprint density at radius 3 is 2.72 bits per heavy atom. The van der Waals surface area contributed by atoms with Crippen LogP contribution in [0, 0.1) is 6.92 Å². The zero-order valence-corrected chi connectivity index (χ0v) is 18.1. The second-order valence-electron chi connectivity index (χ2n) is 6.96. The smallest absolute Gasteiger partial charge is 0.289 e. The first-order valence-corrected chi connectivity index (χ1v) is 10.9. The van der Waals surface area contributed by atoms with Gasteiger partial charge in [-0.05, 0) is 60.0 Å². The summed E-state index contributed by atoms with van der Waals surface area (Å²) in [5.41, 5.74) is 1.84. The first-order chi connectivity index (χ1) is 14.0. The van der Waals surface area contributed by atoms with E-state index in [0.29, 0.717) is 28.5 Å². The van der Waals surface area contributed by atoms with Gasteiger partial charge in [0.25, 0.3) is 11.8 Å². The number of hydrogen-bond acceptors (Lipinski definition) is 6. The molecule has 1 unspecified atom stereocenters. The van der Waals surface area contributed by atoms with E-state index in [2.05, 4.69) is 31.4 Å². The molecule has 2 aromatic heterocycles. The fourth-order valence-electron chi connectivity index (χ4n) is 3.26. The molecule has 0 radical (unpaired) electrons. The van der Waals surface area contributed by atoms with Crippen LogP contribution in [0.1, 0.15) is 49.7 Å². The molecule has 150 valence electrons. The Kier molecular flexibility index (Phi) is 5.77. The zero-order valence-electron chi connectivity index (χ0n) is 15.7. The summed E-state index contributed by atoms with van der Waals surface area (Å²) < 4.78 is 5.92. The summed E-state index contributed by atoms with van der Waals surface area (Å²) in [6.45, 7) is 3.20. The predicted octanol–water partition coefficient (Wildman–Crippen LogP) is 4.47. The van der Waals surface area contributed by atoms with Crippen molar-refractivity contribution in [3.05, 3.63) is 62.4 Å². The lowest BCUT2D eigenvalue weighted by Crippen LogP contribution is -2.38. The van der Waals surface area contributed by atoms with Crippen LogP contribution in [0.15, 0.2) is 45.5 Å². The van der Waals surface area contributed by atoms with E-state index in [9.17, 15) is 9.59 Å². The summed E-state index contributed by atoms with van der Waals surface area (Å²) in [6, 6.07) is 10.9. The van der Waals surface area contributed by atoms with Crippen molar-refractivity contribution in [2.24, 2.45) is 0 Å². The highest BCUT2D eigenvalue weighted by Crippen LogP contribution is 2.30. The predicted molar refractivity (Wildman–Crippen MR) is 113 cm³/mol. The van der Waals surface area contributed by atoms with E-state index in [0.717, 1.165) is 29.1 Å². The number of benzene rings is 1. The lowest BCUT2D eigenvalue weighted by molar-refractivity contribution is 0.0673. The van der Waals surface area contributed by atoms with Crippen molar-refractivity contribution < 1.29 is 14.0 Å². The maximum atomic E-state index is 12.6. The molecule has 4 rings (SSSR count). The molecule has 3 aromatic rings. The molecule has 1 atom stereocenters. The molecule has 7 nitrogen and oxygen atoms in total. The van der Waals surface area contributed by atoms with Crippen LogP contribution in [-0.4, -0.2) is 40.0 Å². The Labute approximate surface area is 180 Å². The number of anilines is 1. The largest absolute Gasteiger partial charge is 0.444 e. The Morgan fingerprint density at radius 2 is 2.00 bits per heavy atom. The normalized spacial score (nSPS) is 16.6. The van der Waals surface area contributed by atoms with Crippen LogP contribution in [0.5, 0.6) is 0 Å². The fourth-order valence-corrected chi connectivity index (χ4v) is 4.43. The number of piperidine rings is 1. The summed E-state index contributed by atoms with van der Waals surface area (Å²) in [7, 11) is 0. The molecule has 1 aliphatic heterocycles. The molecular formula is C20H19BrN4O3S. The van der Waals surface area contributed by atoms with Gasteiger partial charge in [-0.3, -0.25) is 9.59 Å². The van der Waals surface area contributed by atoms with Crippen LogP contribution in [0.2, 0.25) is 0 Å². The average Bonchev–Trinajstić information content (AvgIpc) is 3.39. The van der Waals surface area contributed by atoms with Gasteiger partial charge in [-0.1, -0.05) is 29.0 Å². The number of carbonyl (C=O) groups is 2.